The van der Waals surface area contributed by atoms with E-state index in [1.54, 1.807) is 12.1 Å². The van der Waals surface area contributed by atoms with Gasteiger partial charge in [-0.2, -0.15) is 0 Å². The molecular weight excluding hydrogens is 266 g/mol. The number of amides is 2. The van der Waals surface area contributed by atoms with Crippen LogP contribution in [0.15, 0.2) is 18.3 Å². The van der Waals surface area contributed by atoms with Crippen LogP contribution in [0.3, 0.4) is 0 Å². The van der Waals surface area contributed by atoms with E-state index in [4.69, 9.17) is 0 Å². The van der Waals surface area contributed by atoms with Gasteiger partial charge >= 0.3 is 0 Å². The molecule has 0 aliphatic heterocycles. The minimum absolute atomic E-state index is 0.0884. The van der Waals surface area contributed by atoms with Gasteiger partial charge in [-0.25, -0.2) is 4.98 Å². The van der Waals surface area contributed by atoms with Crippen molar-refractivity contribution in [3.05, 3.63) is 23.9 Å². The Labute approximate surface area is 125 Å². The average molecular weight is 289 g/mol. The van der Waals surface area contributed by atoms with Crippen LogP contribution in [0, 0.1) is 0 Å². The molecule has 5 nitrogen and oxygen atoms in total. The molecule has 0 radical (unpaired) electrons. The van der Waals surface area contributed by atoms with Gasteiger partial charge in [0.05, 0.1) is 0 Å². The van der Waals surface area contributed by atoms with Gasteiger partial charge in [0.25, 0.3) is 5.91 Å². The Balaban J connectivity index is 1.96. The first kappa shape index (κ1) is 15.5. The second-order valence-electron chi connectivity index (χ2n) is 5.63. The van der Waals surface area contributed by atoms with E-state index in [1.165, 1.54) is 45.2 Å². The highest BCUT2D eigenvalue weighted by molar-refractivity contribution is 5.96. The van der Waals surface area contributed by atoms with Crippen LogP contribution in [0.4, 0.5) is 5.82 Å². The average Bonchev–Trinajstić information content (AvgIpc) is 2.41. The lowest BCUT2D eigenvalue weighted by Gasteiger charge is -2.21. The van der Waals surface area contributed by atoms with Gasteiger partial charge in [0, 0.05) is 24.7 Å². The molecule has 1 aliphatic carbocycles. The van der Waals surface area contributed by atoms with Crippen LogP contribution in [0.1, 0.15) is 62.2 Å². The van der Waals surface area contributed by atoms with Gasteiger partial charge in [-0.15, -0.1) is 0 Å². The molecule has 5 heteroatoms. The fraction of sp³-hybridized carbons (Fsp3) is 0.562. The van der Waals surface area contributed by atoms with Gasteiger partial charge in [-0.3, -0.25) is 9.59 Å². The molecule has 2 rings (SSSR count). The molecule has 2 amide bonds. The summed E-state index contributed by atoms with van der Waals surface area (Å²) in [7, 11) is 0. The molecule has 0 spiro atoms. The number of carbonyl (C=O) groups excluding carboxylic acids is 2. The summed E-state index contributed by atoms with van der Waals surface area (Å²) >= 11 is 0. The minimum atomic E-state index is -0.194. The van der Waals surface area contributed by atoms with Crippen molar-refractivity contribution >= 4 is 17.6 Å². The Morgan fingerprint density at radius 1 is 1.14 bits per heavy atom. The fourth-order valence-corrected chi connectivity index (χ4v) is 2.69. The fourth-order valence-electron chi connectivity index (χ4n) is 2.69. The van der Waals surface area contributed by atoms with Crippen molar-refractivity contribution < 1.29 is 9.59 Å². The van der Waals surface area contributed by atoms with Gasteiger partial charge in [-0.1, -0.05) is 32.1 Å². The highest BCUT2D eigenvalue weighted by Crippen LogP contribution is 2.17. The van der Waals surface area contributed by atoms with Crippen molar-refractivity contribution in [3.63, 3.8) is 0 Å². The summed E-state index contributed by atoms with van der Waals surface area (Å²) in [5.41, 5.74) is 0.538. The Morgan fingerprint density at radius 3 is 2.48 bits per heavy atom. The minimum Gasteiger partial charge on any atom is -0.349 e. The van der Waals surface area contributed by atoms with E-state index in [0.29, 0.717) is 11.4 Å². The van der Waals surface area contributed by atoms with E-state index in [0.717, 1.165) is 12.8 Å². The number of hydrogen-bond acceptors (Lipinski definition) is 3. The van der Waals surface area contributed by atoms with E-state index >= 15 is 0 Å². The zero-order chi connectivity index (χ0) is 15.1. The molecule has 21 heavy (non-hydrogen) atoms. The lowest BCUT2D eigenvalue weighted by molar-refractivity contribution is -0.114. The van der Waals surface area contributed by atoms with Crippen LogP contribution in [-0.4, -0.2) is 22.8 Å². The molecule has 1 aromatic heterocycles. The molecule has 0 aromatic carbocycles. The van der Waals surface area contributed by atoms with Crippen LogP contribution in [0.5, 0.6) is 0 Å². The predicted molar refractivity (Wildman–Crippen MR) is 82.1 cm³/mol. The number of anilines is 1. The molecule has 1 aromatic rings. The van der Waals surface area contributed by atoms with E-state index in [-0.39, 0.29) is 17.9 Å². The molecular formula is C16H23N3O2. The van der Waals surface area contributed by atoms with Gasteiger partial charge in [-0.05, 0) is 25.0 Å². The Bertz CT molecular complexity index is 494. The van der Waals surface area contributed by atoms with E-state index in [9.17, 15) is 9.59 Å². The summed E-state index contributed by atoms with van der Waals surface area (Å²) in [6, 6.07) is 3.54. The maximum Gasteiger partial charge on any atom is 0.251 e. The van der Waals surface area contributed by atoms with Crippen LogP contribution >= 0.6 is 0 Å². The predicted octanol–water partition coefficient (Wildman–Crippen LogP) is 2.88. The highest BCUT2D eigenvalue weighted by atomic mass is 16.2. The Morgan fingerprint density at radius 2 is 1.81 bits per heavy atom. The quantitative estimate of drug-likeness (QED) is 0.898. The summed E-state index contributed by atoms with van der Waals surface area (Å²) in [6.07, 6.45) is 9.83. The number of carbonyl (C=O) groups is 2. The van der Waals surface area contributed by atoms with E-state index in [2.05, 4.69) is 15.6 Å². The number of nitrogens with zero attached hydrogens (tertiary/aromatic N) is 1. The molecule has 0 unspecified atom stereocenters. The summed E-state index contributed by atoms with van der Waals surface area (Å²) in [5, 5.41) is 5.70. The summed E-state index contributed by atoms with van der Waals surface area (Å²) in [4.78, 5) is 27.4. The summed E-state index contributed by atoms with van der Waals surface area (Å²) < 4.78 is 0. The lowest BCUT2D eigenvalue weighted by atomic mass is 9.96. The highest BCUT2D eigenvalue weighted by Gasteiger charge is 2.15. The zero-order valence-electron chi connectivity index (χ0n) is 12.5. The SMILES string of the molecule is CC(=O)Nc1cc(C(=O)NC2CCCCCCC2)ccn1. The third-order valence-electron chi connectivity index (χ3n) is 3.77. The maximum atomic E-state index is 12.3. The largest absolute Gasteiger partial charge is 0.349 e. The van der Waals surface area contributed by atoms with Crippen molar-refractivity contribution in [1.82, 2.24) is 10.3 Å². The first-order valence-electron chi connectivity index (χ1n) is 7.69. The van der Waals surface area contributed by atoms with Crippen molar-refractivity contribution in [1.29, 1.82) is 0 Å². The number of aromatic nitrogens is 1. The van der Waals surface area contributed by atoms with Gasteiger partial charge < -0.3 is 10.6 Å². The smallest absolute Gasteiger partial charge is 0.251 e. The van der Waals surface area contributed by atoms with Crippen LogP contribution < -0.4 is 10.6 Å². The third kappa shape index (κ3) is 5.17. The molecule has 1 aliphatic rings. The molecule has 0 atom stereocenters. The van der Waals surface area contributed by atoms with Crippen LogP contribution in [0.25, 0.3) is 0 Å². The Kier molecular flexibility index (Phi) is 5.72. The molecule has 114 valence electrons. The first-order chi connectivity index (χ1) is 10.1. The van der Waals surface area contributed by atoms with E-state index in [1.807, 2.05) is 0 Å². The van der Waals surface area contributed by atoms with Crippen molar-refractivity contribution in [2.24, 2.45) is 0 Å². The third-order valence-corrected chi connectivity index (χ3v) is 3.77. The molecule has 0 saturated heterocycles. The number of hydrogen-bond donors (Lipinski definition) is 2. The number of pyridine rings is 1. The van der Waals surface area contributed by atoms with Crippen molar-refractivity contribution in [2.75, 3.05) is 5.32 Å². The maximum absolute atomic E-state index is 12.3. The van der Waals surface area contributed by atoms with E-state index < -0.39 is 0 Å². The monoisotopic (exact) mass is 289 g/mol. The molecule has 1 saturated carbocycles. The summed E-state index contributed by atoms with van der Waals surface area (Å²) in [6.45, 7) is 1.42. The van der Waals surface area contributed by atoms with Gasteiger partial charge in [0.1, 0.15) is 5.82 Å². The second kappa shape index (κ2) is 7.76. The summed E-state index contributed by atoms with van der Waals surface area (Å²) in [5.74, 6) is 0.127. The lowest BCUT2D eigenvalue weighted by Crippen LogP contribution is -2.35. The van der Waals surface area contributed by atoms with Crippen molar-refractivity contribution in [2.45, 2.75) is 57.9 Å². The molecule has 2 N–H and O–H groups in total. The molecule has 0 bridgehead atoms. The van der Waals surface area contributed by atoms with Crippen LogP contribution in [0.2, 0.25) is 0 Å². The number of nitrogens with one attached hydrogen (secondary N) is 2. The molecule has 1 heterocycles. The van der Waals surface area contributed by atoms with Gasteiger partial charge in [0.2, 0.25) is 5.91 Å². The first-order valence-corrected chi connectivity index (χ1v) is 7.69. The van der Waals surface area contributed by atoms with Gasteiger partial charge in [0.15, 0.2) is 0 Å². The number of rotatable bonds is 3. The second-order valence-corrected chi connectivity index (χ2v) is 5.63. The topological polar surface area (TPSA) is 71.1 Å². The van der Waals surface area contributed by atoms with Crippen LogP contribution in [-0.2, 0) is 4.79 Å². The standard InChI is InChI=1S/C16H23N3O2/c1-12(20)18-15-11-13(9-10-17-15)16(21)19-14-7-5-3-2-4-6-8-14/h9-11,14H,2-8H2,1H3,(H,19,21)(H,17,18,20). The zero-order valence-corrected chi connectivity index (χ0v) is 12.5. The normalized spacial score (nSPS) is 16.6. The Hall–Kier alpha value is -1.91. The molecule has 1 fully saturated rings. The van der Waals surface area contributed by atoms with Crippen molar-refractivity contribution in [3.8, 4) is 0 Å².